The van der Waals surface area contributed by atoms with E-state index in [-0.39, 0.29) is 35.9 Å². The van der Waals surface area contributed by atoms with Crippen LogP contribution < -0.4 is 10.5 Å². The minimum absolute atomic E-state index is 0.0181. The summed E-state index contributed by atoms with van der Waals surface area (Å²) in [6, 6.07) is 1.07. The third-order valence-corrected chi connectivity index (χ3v) is 2.24. The fourth-order valence-electron chi connectivity index (χ4n) is 1.43. The van der Waals surface area contributed by atoms with Gasteiger partial charge in [0.05, 0.1) is 20.1 Å². The maximum Gasteiger partial charge on any atom is 0.310 e. The number of carbonyl (C=O) groups excluding carboxylic acids is 1. The molecule has 100 valence electrons. The lowest BCUT2D eigenvalue weighted by Crippen LogP contribution is -2.13. The molecule has 18 heavy (non-hydrogen) atoms. The molecule has 0 unspecified atom stereocenters. The summed E-state index contributed by atoms with van der Waals surface area (Å²) in [6.07, 6.45) is -3.11. The van der Waals surface area contributed by atoms with Crippen molar-refractivity contribution in [2.45, 2.75) is 19.8 Å². The van der Waals surface area contributed by atoms with E-state index in [1.807, 2.05) is 0 Å². The number of aromatic nitrogens is 1. The van der Waals surface area contributed by atoms with Crippen molar-refractivity contribution in [3.8, 4) is 5.88 Å². The highest BCUT2D eigenvalue weighted by molar-refractivity contribution is 5.75. The fourth-order valence-corrected chi connectivity index (χ4v) is 1.43. The largest absolute Gasteiger partial charge is 0.481 e. The molecule has 1 heterocycles. The summed E-state index contributed by atoms with van der Waals surface area (Å²) in [5.74, 6) is -0.800. The molecule has 1 aromatic heterocycles. The van der Waals surface area contributed by atoms with Crippen LogP contribution in [0.3, 0.4) is 0 Å². The molecule has 5 nitrogen and oxygen atoms in total. The number of anilines is 1. The van der Waals surface area contributed by atoms with Crippen LogP contribution in [0.1, 0.15) is 24.5 Å². The van der Waals surface area contributed by atoms with E-state index in [0.717, 1.165) is 6.07 Å². The first-order chi connectivity index (χ1) is 8.49. The first-order valence-corrected chi connectivity index (χ1v) is 5.26. The van der Waals surface area contributed by atoms with Crippen molar-refractivity contribution < 1.29 is 23.0 Å². The van der Waals surface area contributed by atoms with E-state index in [1.165, 1.54) is 7.11 Å². The van der Waals surface area contributed by atoms with Crippen LogP contribution in [0.4, 0.5) is 14.6 Å². The SMILES string of the molecule is CCOC(=O)Cc1c(C(F)F)cc(OC)nc1N. The Morgan fingerprint density at radius 1 is 1.56 bits per heavy atom. The highest BCUT2D eigenvalue weighted by atomic mass is 19.3. The second-order valence-corrected chi connectivity index (χ2v) is 3.40. The summed E-state index contributed by atoms with van der Waals surface area (Å²) in [5.41, 5.74) is 5.16. The molecule has 1 aromatic rings. The molecular weight excluding hydrogens is 246 g/mol. The van der Waals surface area contributed by atoms with Gasteiger partial charge in [0.25, 0.3) is 6.43 Å². The lowest BCUT2D eigenvalue weighted by atomic mass is 10.1. The van der Waals surface area contributed by atoms with E-state index < -0.39 is 12.4 Å². The average molecular weight is 260 g/mol. The lowest BCUT2D eigenvalue weighted by molar-refractivity contribution is -0.142. The van der Waals surface area contributed by atoms with Crippen molar-refractivity contribution in [2.75, 3.05) is 19.5 Å². The van der Waals surface area contributed by atoms with Gasteiger partial charge in [-0.15, -0.1) is 0 Å². The Labute approximate surface area is 103 Å². The monoisotopic (exact) mass is 260 g/mol. The molecule has 0 atom stereocenters. The summed E-state index contributed by atoms with van der Waals surface area (Å²) in [4.78, 5) is 15.1. The molecule has 0 aliphatic carbocycles. The summed E-state index contributed by atoms with van der Waals surface area (Å²) in [5, 5.41) is 0. The van der Waals surface area contributed by atoms with E-state index in [2.05, 4.69) is 4.98 Å². The predicted molar refractivity (Wildman–Crippen MR) is 60.5 cm³/mol. The standard InChI is InChI=1S/C11H14F2N2O3/c1-3-18-9(16)5-7-6(10(12)13)4-8(17-2)15-11(7)14/h4,10H,3,5H2,1-2H3,(H2,14,15). The smallest absolute Gasteiger partial charge is 0.310 e. The minimum atomic E-state index is -2.77. The van der Waals surface area contributed by atoms with Crippen molar-refractivity contribution in [3.63, 3.8) is 0 Å². The highest BCUT2D eigenvalue weighted by Gasteiger charge is 2.21. The first-order valence-electron chi connectivity index (χ1n) is 5.26. The molecule has 0 spiro atoms. The first kappa shape index (κ1) is 14.1. The van der Waals surface area contributed by atoms with E-state index in [1.54, 1.807) is 6.92 Å². The van der Waals surface area contributed by atoms with Crippen molar-refractivity contribution in [2.24, 2.45) is 0 Å². The number of nitrogen functional groups attached to an aromatic ring is 1. The summed E-state index contributed by atoms with van der Waals surface area (Å²) < 4.78 is 35.2. The Morgan fingerprint density at radius 3 is 2.72 bits per heavy atom. The molecule has 7 heteroatoms. The number of alkyl halides is 2. The van der Waals surface area contributed by atoms with E-state index >= 15 is 0 Å². The van der Waals surface area contributed by atoms with Gasteiger partial charge >= 0.3 is 5.97 Å². The molecule has 0 radical (unpaired) electrons. The maximum atomic E-state index is 12.9. The number of nitrogens with two attached hydrogens (primary N) is 1. The molecule has 0 amide bonds. The van der Waals surface area contributed by atoms with Crippen LogP contribution in [-0.4, -0.2) is 24.7 Å². The quantitative estimate of drug-likeness (QED) is 0.816. The molecule has 0 fully saturated rings. The van der Waals surface area contributed by atoms with Gasteiger partial charge < -0.3 is 15.2 Å². The molecule has 0 aliphatic rings. The second kappa shape index (κ2) is 6.13. The van der Waals surface area contributed by atoms with Gasteiger partial charge in [0.15, 0.2) is 0 Å². The van der Waals surface area contributed by atoms with Crippen molar-refractivity contribution in [1.82, 2.24) is 4.98 Å². The maximum absolute atomic E-state index is 12.9. The van der Waals surface area contributed by atoms with Gasteiger partial charge in [0, 0.05) is 17.2 Å². The molecule has 2 N–H and O–H groups in total. The molecule has 0 saturated heterocycles. The third kappa shape index (κ3) is 3.28. The molecule has 0 aromatic carbocycles. The minimum Gasteiger partial charge on any atom is -0.481 e. The zero-order valence-electron chi connectivity index (χ0n) is 10.1. The van der Waals surface area contributed by atoms with Crippen LogP contribution in [0.5, 0.6) is 5.88 Å². The number of esters is 1. The van der Waals surface area contributed by atoms with Crippen LogP contribution >= 0.6 is 0 Å². The van der Waals surface area contributed by atoms with Gasteiger partial charge in [-0.05, 0) is 6.92 Å². The Kier molecular flexibility index (Phi) is 4.82. The van der Waals surface area contributed by atoms with Gasteiger partial charge in [-0.25, -0.2) is 8.78 Å². The van der Waals surface area contributed by atoms with Crippen LogP contribution in [0.15, 0.2) is 6.07 Å². The number of rotatable bonds is 5. The third-order valence-electron chi connectivity index (χ3n) is 2.24. The average Bonchev–Trinajstić information content (AvgIpc) is 2.31. The number of carbonyl (C=O) groups is 1. The van der Waals surface area contributed by atoms with Crippen molar-refractivity contribution in [3.05, 3.63) is 17.2 Å². The topological polar surface area (TPSA) is 74.4 Å². The van der Waals surface area contributed by atoms with Crippen LogP contribution in [-0.2, 0) is 16.0 Å². The van der Waals surface area contributed by atoms with Crippen LogP contribution in [0, 0.1) is 0 Å². The second-order valence-electron chi connectivity index (χ2n) is 3.40. The van der Waals surface area contributed by atoms with Crippen LogP contribution in [0.25, 0.3) is 0 Å². The van der Waals surface area contributed by atoms with Gasteiger partial charge in [0.1, 0.15) is 5.82 Å². The van der Waals surface area contributed by atoms with Crippen molar-refractivity contribution >= 4 is 11.8 Å². The summed E-state index contributed by atoms with van der Waals surface area (Å²) in [6.45, 7) is 1.80. The zero-order valence-corrected chi connectivity index (χ0v) is 10.1. The normalized spacial score (nSPS) is 10.5. The Hall–Kier alpha value is -1.92. The van der Waals surface area contributed by atoms with Crippen molar-refractivity contribution in [1.29, 1.82) is 0 Å². The van der Waals surface area contributed by atoms with Gasteiger partial charge in [-0.1, -0.05) is 0 Å². The molecule has 0 bridgehead atoms. The fraction of sp³-hybridized carbons (Fsp3) is 0.455. The number of pyridine rings is 1. The Bertz CT molecular complexity index is 439. The summed E-state index contributed by atoms with van der Waals surface area (Å²) in [7, 11) is 1.29. The van der Waals surface area contributed by atoms with Crippen LogP contribution in [0.2, 0.25) is 0 Å². The number of hydrogen-bond donors (Lipinski definition) is 1. The van der Waals surface area contributed by atoms with E-state index in [4.69, 9.17) is 15.2 Å². The van der Waals surface area contributed by atoms with Gasteiger partial charge in [-0.2, -0.15) is 4.98 Å². The Morgan fingerprint density at radius 2 is 2.22 bits per heavy atom. The summed E-state index contributed by atoms with van der Waals surface area (Å²) >= 11 is 0. The highest BCUT2D eigenvalue weighted by Crippen LogP contribution is 2.29. The lowest BCUT2D eigenvalue weighted by Gasteiger charge is -2.12. The predicted octanol–water partition coefficient (Wildman–Crippen LogP) is 1.72. The van der Waals surface area contributed by atoms with Gasteiger partial charge in [0.2, 0.25) is 5.88 Å². The number of ether oxygens (including phenoxy) is 2. The number of hydrogen-bond acceptors (Lipinski definition) is 5. The number of halogens is 2. The Balaban J connectivity index is 3.12. The van der Waals surface area contributed by atoms with Gasteiger partial charge in [-0.3, -0.25) is 4.79 Å². The zero-order chi connectivity index (χ0) is 13.7. The molecule has 0 saturated carbocycles. The number of nitrogens with zero attached hydrogens (tertiary/aromatic N) is 1. The molecule has 0 aliphatic heterocycles. The van der Waals surface area contributed by atoms with E-state index in [9.17, 15) is 13.6 Å². The molecular formula is C11H14F2N2O3. The van der Waals surface area contributed by atoms with E-state index in [0.29, 0.717) is 0 Å². The molecule has 1 rings (SSSR count). The number of methoxy groups -OCH3 is 1.